The molecule has 3 aromatic rings. The predicted octanol–water partition coefficient (Wildman–Crippen LogP) is 4.51. The molecule has 27 heavy (non-hydrogen) atoms. The number of carbonyl (C=O) groups excluding carboxylic acids is 2. The number of thiophene rings is 1. The smallest absolute Gasteiger partial charge is 0.338 e. The molecule has 1 N–H and O–H groups in total. The summed E-state index contributed by atoms with van der Waals surface area (Å²) < 4.78 is 23.8. The Balaban J connectivity index is 1.63. The summed E-state index contributed by atoms with van der Waals surface area (Å²) in [4.78, 5) is 24.9. The molecule has 0 unspecified atom stereocenters. The Morgan fingerprint density at radius 1 is 1.11 bits per heavy atom. The molecule has 0 atom stereocenters. The van der Waals surface area contributed by atoms with Crippen LogP contribution in [-0.2, 0) is 11.3 Å². The van der Waals surface area contributed by atoms with Crippen molar-refractivity contribution in [1.29, 1.82) is 0 Å². The van der Waals surface area contributed by atoms with E-state index in [0.29, 0.717) is 16.1 Å². The highest BCUT2D eigenvalue weighted by atomic mass is 32.1. The second-order valence-corrected chi connectivity index (χ2v) is 6.50. The highest BCUT2D eigenvalue weighted by molar-refractivity contribution is 7.12. The Morgan fingerprint density at radius 3 is 2.67 bits per heavy atom. The van der Waals surface area contributed by atoms with E-state index in [2.05, 4.69) is 5.32 Å². The van der Waals surface area contributed by atoms with Crippen molar-refractivity contribution in [3.8, 4) is 5.75 Å². The summed E-state index contributed by atoms with van der Waals surface area (Å²) in [6, 6.07) is 14.3. The van der Waals surface area contributed by atoms with E-state index in [0.717, 1.165) is 0 Å². The Kier molecular flexibility index (Phi) is 5.83. The number of hydrogen-bond acceptors (Lipinski definition) is 5. The van der Waals surface area contributed by atoms with Gasteiger partial charge in [0.15, 0.2) is 11.6 Å². The molecule has 1 amide bonds. The molecular weight excluding hydrogens is 369 g/mol. The van der Waals surface area contributed by atoms with Crippen molar-refractivity contribution in [1.82, 2.24) is 0 Å². The average Bonchev–Trinajstić information content (AvgIpc) is 3.21. The maximum absolute atomic E-state index is 13.7. The lowest BCUT2D eigenvalue weighted by atomic mass is 10.2. The van der Waals surface area contributed by atoms with Crippen molar-refractivity contribution in [2.24, 2.45) is 0 Å². The van der Waals surface area contributed by atoms with Gasteiger partial charge in [0.25, 0.3) is 5.91 Å². The number of rotatable bonds is 6. The molecule has 1 heterocycles. The molecule has 0 fully saturated rings. The number of carbonyl (C=O) groups is 2. The number of anilines is 1. The number of nitrogens with one attached hydrogen (secondary N) is 1. The first-order valence-electron chi connectivity index (χ1n) is 8.01. The lowest BCUT2D eigenvalue weighted by Crippen LogP contribution is -2.11. The van der Waals surface area contributed by atoms with E-state index < -0.39 is 11.8 Å². The minimum absolute atomic E-state index is 0.0778. The van der Waals surface area contributed by atoms with Crippen LogP contribution in [0.25, 0.3) is 0 Å². The number of ether oxygens (including phenoxy) is 2. The number of esters is 1. The summed E-state index contributed by atoms with van der Waals surface area (Å²) in [5.41, 5.74) is 1.27. The van der Waals surface area contributed by atoms with E-state index in [4.69, 9.17) is 9.47 Å². The third-order valence-electron chi connectivity index (χ3n) is 3.69. The van der Waals surface area contributed by atoms with Gasteiger partial charge >= 0.3 is 5.97 Å². The van der Waals surface area contributed by atoms with Crippen LogP contribution >= 0.6 is 11.3 Å². The van der Waals surface area contributed by atoms with Gasteiger partial charge in [-0.3, -0.25) is 4.79 Å². The Hall–Kier alpha value is -3.19. The zero-order chi connectivity index (χ0) is 19.2. The fraction of sp³-hybridized carbons (Fsp3) is 0.100. The first-order valence-corrected chi connectivity index (χ1v) is 8.89. The van der Waals surface area contributed by atoms with Gasteiger partial charge in [-0.25, -0.2) is 9.18 Å². The van der Waals surface area contributed by atoms with Crippen molar-refractivity contribution >= 4 is 28.9 Å². The molecule has 5 nitrogen and oxygen atoms in total. The molecule has 7 heteroatoms. The van der Waals surface area contributed by atoms with Gasteiger partial charge in [0.1, 0.15) is 6.61 Å². The molecule has 0 aliphatic heterocycles. The van der Waals surface area contributed by atoms with Gasteiger partial charge in [0.05, 0.1) is 17.6 Å². The summed E-state index contributed by atoms with van der Waals surface area (Å²) >= 11 is 1.33. The number of halogens is 1. The van der Waals surface area contributed by atoms with Crippen LogP contribution in [0.15, 0.2) is 60.0 Å². The average molecular weight is 385 g/mol. The van der Waals surface area contributed by atoms with Crippen molar-refractivity contribution in [2.75, 3.05) is 12.4 Å². The van der Waals surface area contributed by atoms with Crippen molar-refractivity contribution in [3.05, 3.63) is 81.8 Å². The standard InChI is InChI=1S/C20H16FNO4S/c1-25-17-8-7-13(10-16(17)21)12-26-20(24)14-4-2-5-15(11-14)22-19(23)18-6-3-9-27-18/h2-11H,12H2,1H3,(H,22,23). The SMILES string of the molecule is COc1ccc(COC(=O)c2cccc(NC(=O)c3cccs3)c2)cc1F. The lowest BCUT2D eigenvalue weighted by molar-refractivity contribution is 0.0472. The fourth-order valence-electron chi connectivity index (χ4n) is 2.36. The molecule has 0 aliphatic rings. The minimum atomic E-state index is -0.571. The second kappa shape index (κ2) is 8.46. The monoisotopic (exact) mass is 385 g/mol. The van der Waals surface area contributed by atoms with E-state index in [-0.39, 0.29) is 23.8 Å². The van der Waals surface area contributed by atoms with Crippen LogP contribution in [0.1, 0.15) is 25.6 Å². The number of methoxy groups -OCH3 is 1. The third-order valence-corrected chi connectivity index (χ3v) is 4.56. The topological polar surface area (TPSA) is 64.6 Å². The molecule has 1 aromatic heterocycles. The molecule has 2 aromatic carbocycles. The van der Waals surface area contributed by atoms with Crippen molar-refractivity contribution in [3.63, 3.8) is 0 Å². The molecule has 0 spiro atoms. The zero-order valence-corrected chi connectivity index (χ0v) is 15.2. The summed E-state index contributed by atoms with van der Waals surface area (Å²) in [5.74, 6) is -1.22. The molecule has 0 radical (unpaired) electrons. The van der Waals surface area contributed by atoms with Gasteiger partial charge in [-0.1, -0.05) is 18.2 Å². The van der Waals surface area contributed by atoms with E-state index in [1.54, 1.807) is 36.4 Å². The van der Waals surface area contributed by atoms with E-state index in [1.807, 2.05) is 5.38 Å². The van der Waals surface area contributed by atoms with E-state index >= 15 is 0 Å². The normalized spacial score (nSPS) is 10.3. The largest absolute Gasteiger partial charge is 0.494 e. The van der Waals surface area contributed by atoms with Gasteiger partial charge < -0.3 is 14.8 Å². The van der Waals surface area contributed by atoms with E-state index in [9.17, 15) is 14.0 Å². The summed E-state index contributed by atoms with van der Waals surface area (Å²) in [6.07, 6.45) is 0. The molecule has 0 aliphatic carbocycles. The van der Waals surface area contributed by atoms with Crippen LogP contribution in [0.5, 0.6) is 5.75 Å². The van der Waals surface area contributed by atoms with Crippen LogP contribution in [-0.4, -0.2) is 19.0 Å². The predicted molar refractivity (Wildman–Crippen MR) is 101 cm³/mol. The highest BCUT2D eigenvalue weighted by Crippen LogP contribution is 2.19. The zero-order valence-electron chi connectivity index (χ0n) is 14.4. The van der Waals surface area contributed by atoms with Crippen LogP contribution < -0.4 is 10.1 Å². The molecule has 0 bridgehead atoms. The van der Waals surface area contributed by atoms with Gasteiger partial charge in [-0.05, 0) is 47.3 Å². The Labute approximate surface area is 159 Å². The quantitative estimate of drug-likeness (QED) is 0.635. The lowest BCUT2D eigenvalue weighted by Gasteiger charge is -2.08. The summed E-state index contributed by atoms with van der Waals surface area (Å²) in [5, 5.41) is 4.54. The number of amides is 1. The van der Waals surface area contributed by atoms with Crippen LogP contribution in [0.4, 0.5) is 10.1 Å². The maximum Gasteiger partial charge on any atom is 0.338 e. The molecule has 138 valence electrons. The van der Waals surface area contributed by atoms with Gasteiger partial charge in [0.2, 0.25) is 0 Å². The fourth-order valence-corrected chi connectivity index (χ4v) is 2.98. The van der Waals surface area contributed by atoms with Crippen LogP contribution in [0.2, 0.25) is 0 Å². The molecule has 0 saturated carbocycles. The molecule has 0 saturated heterocycles. The maximum atomic E-state index is 13.7. The third kappa shape index (κ3) is 4.71. The first-order chi connectivity index (χ1) is 13.1. The molecular formula is C20H16FNO4S. The minimum Gasteiger partial charge on any atom is -0.494 e. The Morgan fingerprint density at radius 2 is 1.96 bits per heavy atom. The highest BCUT2D eigenvalue weighted by Gasteiger charge is 2.12. The van der Waals surface area contributed by atoms with Gasteiger partial charge in [0, 0.05) is 5.69 Å². The van der Waals surface area contributed by atoms with Crippen molar-refractivity contribution in [2.45, 2.75) is 6.61 Å². The molecule has 3 rings (SSSR count). The Bertz CT molecular complexity index is 956. The first kappa shape index (κ1) is 18.6. The second-order valence-electron chi connectivity index (χ2n) is 5.56. The van der Waals surface area contributed by atoms with E-state index in [1.165, 1.54) is 36.6 Å². The van der Waals surface area contributed by atoms with Crippen molar-refractivity contribution < 1.29 is 23.5 Å². The van der Waals surface area contributed by atoms with Gasteiger partial charge in [-0.15, -0.1) is 11.3 Å². The summed E-state index contributed by atoms with van der Waals surface area (Å²) in [6.45, 7) is -0.0778. The number of hydrogen-bond donors (Lipinski definition) is 1. The van der Waals surface area contributed by atoms with Gasteiger partial charge in [-0.2, -0.15) is 0 Å². The van der Waals surface area contributed by atoms with Crippen LogP contribution in [0.3, 0.4) is 0 Å². The summed E-state index contributed by atoms with van der Waals surface area (Å²) in [7, 11) is 1.38. The van der Waals surface area contributed by atoms with Crippen LogP contribution in [0, 0.1) is 5.82 Å². The number of benzene rings is 2.